The molecule has 1 amide bonds. The zero-order valence-corrected chi connectivity index (χ0v) is 10.9. The number of carbonyl (C=O) groups is 1. The molecule has 18 heavy (non-hydrogen) atoms. The standard InChI is InChI=1S/C14H21N3O/c1-16-7-9-17(10-8-16)14(18)13-4-2-3-12(11-13)5-6-15/h2-4,11H,5-10,15H2,1H3. The lowest BCUT2D eigenvalue weighted by Gasteiger charge is -2.32. The van der Waals surface area contributed by atoms with Crippen LogP contribution in [0, 0.1) is 0 Å². The molecule has 2 rings (SSSR count). The molecule has 4 nitrogen and oxygen atoms in total. The highest BCUT2D eigenvalue weighted by Gasteiger charge is 2.20. The molecule has 0 saturated carbocycles. The highest BCUT2D eigenvalue weighted by atomic mass is 16.2. The van der Waals surface area contributed by atoms with Crippen LogP contribution in [-0.4, -0.2) is 55.5 Å². The molecule has 4 heteroatoms. The van der Waals surface area contributed by atoms with E-state index < -0.39 is 0 Å². The lowest BCUT2D eigenvalue weighted by Crippen LogP contribution is -2.47. The Hall–Kier alpha value is -1.39. The van der Waals surface area contributed by atoms with Crippen molar-refractivity contribution in [2.24, 2.45) is 5.73 Å². The van der Waals surface area contributed by atoms with Crippen molar-refractivity contribution in [3.05, 3.63) is 35.4 Å². The first kappa shape index (κ1) is 13.1. The Morgan fingerprint density at radius 2 is 2.00 bits per heavy atom. The third-order valence-corrected chi connectivity index (χ3v) is 3.40. The molecule has 1 fully saturated rings. The zero-order chi connectivity index (χ0) is 13.0. The Balaban J connectivity index is 2.06. The van der Waals surface area contributed by atoms with Crippen LogP contribution in [0.25, 0.3) is 0 Å². The van der Waals surface area contributed by atoms with Gasteiger partial charge in [0.25, 0.3) is 5.91 Å². The molecule has 1 aromatic carbocycles. The molecule has 0 spiro atoms. The largest absolute Gasteiger partial charge is 0.336 e. The third kappa shape index (κ3) is 3.09. The molecule has 1 saturated heterocycles. The van der Waals surface area contributed by atoms with E-state index in [4.69, 9.17) is 5.73 Å². The van der Waals surface area contributed by atoms with Gasteiger partial charge in [0.05, 0.1) is 0 Å². The van der Waals surface area contributed by atoms with Crippen molar-refractivity contribution >= 4 is 5.91 Å². The van der Waals surface area contributed by atoms with E-state index in [1.165, 1.54) is 0 Å². The summed E-state index contributed by atoms with van der Waals surface area (Å²) in [4.78, 5) is 16.5. The van der Waals surface area contributed by atoms with Gasteiger partial charge in [0.15, 0.2) is 0 Å². The molecule has 0 radical (unpaired) electrons. The maximum Gasteiger partial charge on any atom is 0.253 e. The fourth-order valence-corrected chi connectivity index (χ4v) is 2.22. The molecule has 0 bridgehead atoms. The van der Waals surface area contributed by atoms with Crippen molar-refractivity contribution in [2.45, 2.75) is 6.42 Å². The number of piperazine rings is 1. The van der Waals surface area contributed by atoms with E-state index in [1.54, 1.807) is 0 Å². The minimum absolute atomic E-state index is 0.141. The Labute approximate surface area is 108 Å². The maximum absolute atomic E-state index is 12.3. The second-order valence-electron chi connectivity index (χ2n) is 4.83. The first-order valence-corrected chi connectivity index (χ1v) is 6.47. The van der Waals surface area contributed by atoms with E-state index in [9.17, 15) is 4.79 Å². The maximum atomic E-state index is 12.3. The van der Waals surface area contributed by atoms with Crippen molar-refractivity contribution in [3.63, 3.8) is 0 Å². The van der Waals surface area contributed by atoms with E-state index in [0.717, 1.165) is 43.7 Å². The molecule has 0 unspecified atom stereocenters. The van der Waals surface area contributed by atoms with Gasteiger partial charge >= 0.3 is 0 Å². The van der Waals surface area contributed by atoms with Crippen LogP contribution in [0.5, 0.6) is 0 Å². The predicted octanol–water partition coefficient (Wildman–Crippen LogP) is 0.575. The summed E-state index contributed by atoms with van der Waals surface area (Å²) < 4.78 is 0. The third-order valence-electron chi connectivity index (χ3n) is 3.40. The number of carbonyl (C=O) groups excluding carboxylic acids is 1. The second kappa shape index (κ2) is 5.98. The molecular formula is C14H21N3O. The van der Waals surface area contributed by atoms with Crippen molar-refractivity contribution in [2.75, 3.05) is 39.8 Å². The number of nitrogens with zero attached hydrogens (tertiary/aromatic N) is 2. The van der Waals surface area contributed by atoms with E-state index in [1.807, 2.05) is 29.2 Å². The minimum Gasteiger partial charge on any atom is -0.336 e. The Morgan fingerprint density at radius 3 is 2.67 bits per heavy atom. The van der Waals surface area contributed by atoms with Gasteiger partial charge in [-0.15, -0.1) is 0 Å². The molecule has 0 atom stereocenters. The number of hydrogen-bond acceptors (Lipinski definition) is 3. The van der Waals surface area contributed by atoms with Crippen LogP contribution in [0.1, 0.15) is 15.9 Å². The van der Waals surface area contributed by atoms with Crippen LogP contribution in [-0.2, 0) is 6.42 Å². The number of hydrogen-bond donors (Lipinski definition) is 1. The van der Waals surface area contributed by atoms with Gasteiger partial charge in [-0.2, -0.15) is 0 Å². The lowest BCUT2D eigenvalue weighted by molar-refractivity contribution is 0.0664. The quantitative estimate of drug-likeness (QED) is 0.850. The van der Waals surface area contributed by atoms with E-state index >= 15 is 0 Å². The molecule has 2 N–H and O–H groups in total. The summed E-state index contributed by atoms with van der Waals surface area (Å²) in [5, 5.41) is 0. The average Bonchev–Trinajstić information content (AvgIpc) is 2.39. The summed E-state index contributed by atoms with van der Waals surface area (Å²) in [5.41, 5.74) is 7.46. The molecule has 1 aliphatic heterocycles. The average molecular weight is 247 g/mol. The van der Waals surface area contributed by atoms with Crippen molar-refractivity contribution < 1.29 is 4.79 Å². The molecule has 0 aliphatic carbocycles. The highest BCUT2D eigenvalue weighted by molar-refractivity contribution is 5.94. The van der Waals surface area contributed by atoms with Crippen LogP contribution in [0.4, 0.5) is 0 Å². The fourth-order valence-electron chi connectivity index (χ4n) is 2.22. The van der Waals surface area contributed by atoms with Gasteiger partial charge < -0.3 is 15.5 Å². The summed E-state index contributed by atoms with van der Waals surface area (Å²) >= 11 is 0. The fraction of sp³-hybridized carbons (Fsp3) is 0.500. The minimum atomic E-state index is 0.141. The van der Waals surface area contributed by atoms with E-state index in [2.05, 4.69) is 11.9 Å². The van der Waals surface area contributed by atoms with Crippen LogP contribution in [0.3, 0.4) is 0 Å². The number of benzene rings is 1. The Morgan fingerprint density at radius 1 is 1.28 bits per heavy atom. The molecule has 1 aromatic rings. The number of likely N-dealkylation sites (N-methyl/N-ethyl adjacent to an activating group) is 1. The van der Waals surface area contributed by atoms with Crippen LogP contribution in [0.15, 0.2) is 24.3 Å². The Kier molecular flexibility index (Phi) is 4.33. The van der Waals surface area contributed by atoms with Gasteiger partial charge in [-0.1, -0.05) is 12.1 Å². The Bertz CT molecular complexity index is 411. The normalized spacial score (nSPS) is 16.9. The van der Waals surface area contributed by atoms with E-state index in [0.29, 0.717) is 6.54 Å². The molecular weight excluding hydrogens is 226 g/mol. The summed E-state index contributed by atoms with van der Waals surface area (Å²) in [6.45, 7) is 4.15. The predicted molar refractivity (Wildman–Crippen MR) is 72.6 cm³/mol. The van der Waals surface area contributed by atoms with Gasteiger partial charge in [0.2, 0.25) is 0 Å². The molecule has 98 valence electrons. The first-order chi connectivity index (χ1) is 8.70. The van der Waals surface area contributed by atoms with Crippen LogP contribution in [0.2, 0.25) is 0 Å². The van der Waals surface area contributed by atoms with E-state index in [-0.39, 0.29) is 5.91 Å². The smallest absolute Gasteiger partial charge is 0.253 e. The number of amides is 1. The molecule has 1 aliphatic rings. The summed E-state index contributed by atoms with van der Waals surface area (Å²) in [6.07, 6.45) is 0.823. The van der Waals surface area contributed by atoms with Gasteiger partial charge in [-0.25, -0.2) is 0 Å². The number of rotatable bonds is 3. The number of nitrogens with two attached hydrogens (primary N) is 1. The SMILES string of the molecule is CN1CCN(C(=O)c2cccc(CCN)c2)CC1. The van der Waals surface area contributed by atoms with Crippen LogP contribution < -0.4 is 5.73 Å². The van der Waals surface area contributed by atoms with Crippen molar-refractivity contribution in [1.82, 2.24) is 9.80 Å². The molecule has 1 heterocycles. The zero-order valence-electron chi connectivity index (χ0n) is 10.9. The molecule has 0 aromatic heterocycles. The van der Waals surface area contributed by atoms with Gasteiger partial charge in [0, 0.05) is 31.7 Å². The highest BCUT2D eigenvalue weighted by Crippen LogP contribution is 2.10. The first-order valence-electron chi connectivity index (χ1n) is 6.47. The summed E-state index contributed by atoms with van der Waals surface area (Å²) in [5.74, 6) is 0.141. The van der Waals surface area contributed by atoms with Crippen molar-refractivity contribution in [1.29, 1.82) is 0 Å². The monoisotopic (exact) mass is 247 g/mol. The van der Waals surface area contributed by atoms with Crippen LogP contribution >= 0.6 is 0 Å². The van der Waals surface area contributed by atoms with Gasteiger partial charge in [0.1, 0.15) is 0 Å². The summed E-state index contributed by atoms with van der Waals surface area (Å²) in [6, 6.07) is 7.82. The van der Waals surface area contributed by atoms with Gasteiger partial charge in [-0.3, -0.25) is 4.79 Å². The topological polar surface area (TPSA) is 49.6 Å². The lowest BCUT2D eigenvalue weighted by atomic mass is 10.1. The second-order valence-corrected chi connectivity index (χ2v) is 4.83. The van der Waals surface area contributed by atoms with Gasteiger partial charge in [-0.05, 0) is 37.7 Å². The summed E-state index contributed by atoms with van der Waals surface area (Å²) in [7, 11) is 2.09. The van der Waals surface area contributed by atoms with Crippen molar-refractivity contribution in [3.8, 4) is 0 Å².